The van der Waals surface area contributed by atoms with Gasteiger partial charge in [-0.05, 0) is 56.5 Å². The summed E-state index contributed by atoms with van der Waals surface area (Å²) in [6.07, 6.45) is 2.20. The van der Waals surface area contributed by atoms with Gasteiger partial charge in [-0.15, -0.1) is 0 Å². The molecule has 1 heterocycles. The Morgan fingerprint density at radius 3 is 2.53 bits per heavy atom. The van der Waals surface area contributed by atoms with Gasteiger partial charge in [0, 0.05) is 31.6 Å². The van der Waals surface area contributed by atoms with Gasteiger partial charge in [-0.1, -0.05) is 19.1 Å². The van der Waals surface area contributed by atoms with Crippen LogP contribution in [0.3, 0.4) is 0 Å². The fourth-order valence-corrected chi connectivity index (χ4v) is 5.02. The summed E-state index contributed by atoms with van der Waals surface area (Å²) in [5.74, 6) is 1.18. The Labute approximate surface area is 224 Å². The predicted molar refractivity (Wildman–Crippen MR) is 145 cm³/mol. The maximum atomic E-state index is 13.4. The minimum atomic E-state index is -3.62. The predicted octanol–water partition coefficient (Wildman–Crippen LogP) is 3.30. The van der Waals surface area contributed by atoms with Gasteiger partial charge in [-0.3, -0.25) is 13.9 Å². The van der Waals surface area contributed by atoms with Crippen molar-refractivity contribution in [3.8, 4) is 17.2 Å². The summed E-state index contributed by atoms with van der Waals surface area (Å²) in [4.78, 5) is 27.9. The van der Waals surface area contributed by atoms with E-state index in [0.717, 1.165) is 18.2 Å². The molecule has 0 radical (unpaired) electrons. The van der Waals surface area contributed by atoms with Crippen LogP contribution < -0.4 is 23.8 Å². The summed E-state index contributed by atoms with van der Waals surface area (Å²) in [7, 11) is -2.05. The second-order valence-corrected chi connectivity index (χ2v) is 11.3. The number of hydrogen-bond donors (Lipinski definition) is 1. The van der Waals surface area contributed by atoms with Crippen LogP contribution in [0.5, 0.6) is 17.2 Å². The van der Waals surface area contributed by atoms with Gasteiger partial charge in [0.05, 0.1) is 19.1 Å². The van der Waals surface area contributed by atoms with Crippen molar-refractivity contribution in [2.75, 3.05) is 31.0 Å². The van der Waals surface area contributed by atoms with E-state index in [1.165, 1.54) is 9.21 Å². The number of methoxy groups -OCH3 is 1. The zero-order valence-corrected chi connectivity index (χ0v) is 23.4. The van der Waals surface area contributed by atoms with Crippen molar-refractivity contribution in [1.82, 2.24) is 10.2 Å². The monoisotopic (exact) mass is 547 g/mol. The fourth-order valence-electron chi connectivity index (χ4n) is 4.06. The molecule has 2 aromatic rings. The van der Waals surface area contributed by atoms with Crippen molar-refractivity contribution in [2.24, 2.45) is 0 Å². The summed E-state index contributed by atoms with van der Waals surface area (Å²) in [6, 6.07) is 11.5. The van der Waals surface area contributed by atoms with Gasteiger partial charge in [0.15, 0.2) is 11.5 Å². The molecule has 208 valence electrons. The molecule has 0 unspecified atom stereocenters. The normalized spacial score (nSPS) is 13.9. The highest BCUT2D eigenvalue weighted by Crippen LogP contribution is 2.36. The van der Waals surface area contributed by atoms with Crippen LogP contribution in [-0.2, 0) is 26.2 Å². The molecule has 0 spiro atoms. The van der Waals surface area contributed by atoms with Crippen LogP contribution in [0.25, 0.3) is 0 Å². The summed E-state index contributed by atoms with van der Waals surface area (Å²) in [6.45, 7) is 5.97. The molecule has 38 heavy (non-hydrogen) atoms. The van der Waals surface area contributed by atoms with E-state index >= 15 is 0 Å². The Morgan fingerprint density at radius 1 is 1.11 bits per heavy atom. The van der Waals surface area contributed by atoms with E-state index in [1.807, 2.05) is 38.1 Å². The zero-order valence-electron chi connectivity index (χ0n) is 22.6. The molecule has 1 N–H and O–H groups in total. The highest BCUT2D eigenvalue weighted by Gasteiger charge is 2.28. The largest absolute Gasteiger partial charge is 0.497 e. The number of amides is 2. The topological polar surface area (TPSA) is 114 Å². The number of nitrogens with zero attached hydrogens (tertiary/aromatic N) is 2. The minimum Gasteiger partial charge on any atom is -0.497 e. The molecule has 1 aliphatic rings. The molecule has 0 saturated carbocycles. The molecule has 0 aliphatic carbocycles. The van der Waals surface area contributed by atoms with Crippen molar-refractivity contribution < 1.29 is 32.2 Å². The number of anilines is 1. The number of rotatable bonds is 13. The van der Waals surface area contributed by atoms with Gasteiger partial charge in [0.2, 0.25) is 28.6 Å². The van der Waals surface area contributed by atoms with Crippen LogP contribution in [0.1, 0.15) is 45.6 Å². The molecular formula is C27H37N3O7S. The van der Waals surface area contributed by atoms with Crippen molar-refractivity contribution in [2.45, 2.75) is 58.7 Å². The highest BCUT2D eigenvalue weighted by atomic mass is 32.2. The molecule has 10 nitrogen and oxygen atoms in total. The van der Waals surface area contributed by atoms with Gasteiger partial charge in [-0.25, -0.2) is 8.42 Å². The number of nitrogens with one attached hydrogen (secondary N) is 1. The second kappa shape index (κ2) is 12.9. The fraction of sp³-hybridized carbons (Fsp3) is 0.481. The van der Waals surface area contributed by atoms with Gasteiger partial charge < -0.3 is 24.4 Å². The Bertz CT molecular complexity index is 1230. The van der Waals surface area contributed by atoms with Gasteiger partial charge in [0.25, 0.3) is 0 Å². The summed E-state index contributed by atoms with van der Waals surface area (Å²) in [5.41, 5.74) is 1.25. The average molecular weight is 548 g/mol. The molecule has 2 aromatic carbocycles. The number of benzene rings is 2. The molecule has 3 rings (SSSR count). The van der Waals surface area contributed by atoms with E-state index in [0.29, 0.717) is 22.9 Å². The minimum absolute atomic E-state index is 0.0243. The maximum Gasteiger partial charge on any atom is 0.242 e. The molecule has 0 bridgehead atoms. The Balaban J connectivity index is 1.74. The molecule has 1 aliphatic heterocycles. The SMILES string of the molecule is CC[C@H](C)NC(=O)[C@@H](C)N(Cc1cccc(OC)c1)C(=O)CCCN(c1ccc2c(c1)OCO2)S(C)(=O)=O. The lowest BCUT2D eigenvalue weighted by Gasteiger charge is -2.30. The zero-order chi connectivity index (χ0) is 27.9. The van der Waals surface area contributed by atoms with Crippen LogP contribution in [-0.4, -0.2) is 63.9 Å². The van der Waals surface area contributed by atoms with Crippen molar-refractivity contribution >= 4 is 27.5 Å². The van der Waals surface area contributed by atoms with Crippen LogP contribution in [0.2, 0.25) is 0 Å². The van der Waals surface area contributed by atoms with Gasteiger partial charge >= 0.3 is 0 Å². The third-order valence-electron chi connectivity index (χ3n) is 6.45. The third-order valence-corrected chi connectivity index (χ3v) is 7.65. The molecule has 11 heteroatoms. The molecule has 2 amide bonds. The Hall–Kier alpha value is -3.47. The van der Waals surface area contributed by atoms with Crippen LogP contribution in [0, 0.1) is 0 Å². The van der Waals surface area contributed by atoms with Gasteiger partial charge in [0.1, 0.15) is 11.8 Å². The first-order chi connectivity index (χ1) is 18.0. The maximum absolute atomic E-state index is 13.4. The van der Waals surface area contributed by atoms with Crippen LogP contribution >= 0.6 is 0 Å². The first-order valence-electron chi connectivity index (χ1n) is 12.6. The van der Waals surface area contributed by atoms with Crippen LogP contribution in [0.4, 0.5) is 5.69 Å². The Morgan fingerprint density at radius 2 is 1.84 bits per heavy atom. The lowest BCUT2D eigenvalue weighted by atomic mass is 10.1. The summed E-state index contributed by atoms with van der Waals surface area (Å²) in [5, 5.41) is 2.94. The molecule has 2 atom stereocenters. The lowest BCUT2D eigenvalue weighted by molar-refractivity contribution is -0.140. The Kier molecular flexibility index (Phi) is 9.84. The van der Waals surface area contributed by atoms with E-state index in [1.54, 1.807) is 32.2 Å². The van der Waals surface area contributed by atoms with Crippen molar-refractivity contribution in [3.63, 3.8) is 0 Å². The highest BCUT2D eigenvalue weighted by molar-refractivity contribution is 7.92. The first kappa shape index (κ1) is 29.1. The summed E-state index contributed by atoms with van der Waals surface area (Å²) < 4.78 is 42.4. The quantitative estimate of drug-likeness (QED) is 0.409. The smallest absolute Gasteiger partial charge is 0.242 e. The number of sulfonamides is 1. The van der Waals surface area contributed by atoms with E-state index in [9.17, 15) is 18.0 Å². The molecule has 0 saturated heterocycles. The van der Waals surface area contributed by atoms with Gasteiger partial charge in [-0.2, -0.15) is 0 Å². The number of carbonyl (C=O) groups is 2. The molecule has 0 fully saturated rings. The van der Waals surface area contributed by atoms with Crippen LogP contribution in [0.15, 0.2) is 42.5 Å². The third kappa shape index (κ3) is 7.53. The van der Waals surface area contributed by atoms with E-state index < -0.39 is 16.1 Å². The lowest BCUT2D eigenvalue weighted by Crippen LogP contribution is -2.49. The number of fused-ring (bicyclic) bond motifs is 1. The number of ether oxygens (including phenoxy) is 3. The second-order valence-electron chi connectivity index (χ2n) is 9.34. The van der Waals surface area contributed by atoms with E-state index in [4.69, 9.17) is 14.2 Å². The van der Waals surface area contributed by atoms with E-state index in [2.05, 4.69) is 5.32 Å². The number of carbonyl (C=O) groups excluding carboxylic acids is 2. The first-order valence-corrected chi connectivity index (χ1v) is 14.5. The molecule has 0 aromatic heterocycles. The molecular weight excluding hydrogens is 510 g/mol. The van der Waals surface area contributed by atoms with Crippen molar-refractivity contribution in [3.05, 3.63) is 48.0 Å². The van der Waals surface area contributed by atoms with Crippen molar-refractivity contribution in [1.29, 1.82) is 0 Å². The standard InChI is InChI=1S/C27H37N3O7S/c1-6-19(2)28-27(32)20(3)29(17-21-9-7-10-23(15-21)35-4)26(31)11-8-14-30(38(5,33)34)22-12-13-24-25(16-22)37-18-36-24/h7,9-10,12-13,15-16,19-20H,6,8,11,14,17-18H2,1-5H3,(H,28,32)/t19-,20+/m0/s1. The number of hydrogen-bond acceptors (Lipinski definition) is 7. The summed E-state index contributed by atoms with van der Waals surface area (Å²) >= 11 is 0. The average Bonchev–Trinajstić information content (AvgIpc) is 3.36. The van der Waals surface area contributed by atoms with E-state index in [-0.39, 0.29) is 50.6 Å².